The molecule has 1 aliphatic carbocycles. The van der Waals surface area contributed by atoms with Gasteiger partial charge in [0.1, 0.15) is 5.69 Å². The fourth-order valence-corrected chi connectivity index (χ4v) is 3.33. The van der Waals surface area contributed by atoms with E-state index < -0.39 is 0 Å². The summed E-state index contributed by atoms with van der Waals surface area (Å²) in [5, 5.41) is 10.2. The summed E-state index contributed by atoms with van der Waals surface area (Å²) in [6.45, 7) is 2.47. The first-order valence-electron chi connectivity index (χ1n) is 7.79. The zero-order chi connectivity index (χ0) is 15.7. The molecular formula is C16H22N4O2. The van der Waals surface area contributed by atoms with Crippen LogP contribution >= 0.6 is 0 Å². The molecule has 1 aromatic rings. The maximum Gasteiger partial charge on any atom is 0.271 e. The molecule has 0 spiro atoms. The Morgan fingerprint density at radius 2 is 2.32 bits per heavy atom. The van der Waals surface area contributed by atoms with Gasteiger partial charge in [-0.25, -0.2) is 0 Å². The van der Waals surface area contributed by atoms with Crippen molar-refractivity contribution >= 4 is 11.8 Å². The second kappa shape index (κ2) is 5.59. The van der Waals surface area contributed by atoms with E-state index in [1.54, 1.807) is 10.7 Å². The van der Waals surface area contributed by atoms with Gasteiger partial charge in [-0.15, -0.1) is 0 Å². The number of carbonyl (C=O) groups is 2. The van der Waals surface area contributed by atoms with Crippen LogP contribution in [-0.2, 0) is 11.8 Å². The third kappa shape index (κ3) is 2.65. The lowest BCUT2D eigenvalue weighted by Crippen LogP contribution is -2.48. The summed E-state index contributed by atoms with van der Waals surface area (Å²) in [6, 6.07) is 1.78. The number of carbonyl (C=O) groups excluding carboxylic acids is 2. The van der Waals surface area contributed by atoms with Gasteiger partial charge in [-0.2, -0.15) is 5.10 Å². The second-order valence-electron chi connectivity index (χ2n) is 6.32. The second-order valence-corrected chi connectivity index (χ2v) is 6.32. The molecular weight excluding hydrogens is 280 g/mol. The fraction of sp³-hybridized carbons (Fsp3) is 0.562. The van der Waals surface area contributed by atoms with Gasteiger partial charge in [0.15, 0.2) is 0 Å². The monoisotopic (exact) mass is 302 g/mol. The lowest BCUT2D eigenvalue weighted by Gasteiger charge is -2.42. The van der Waals surface area contributed by atoms with E-state index in [1.807, 2.05) is 14.0 Å². The van der Waals surface area contributed by atoms with Crippen LogP contribution in [0.3, 0.4) is 0 Å². The Balaban J connectivity index is 1.71. The van der Waals surface area contributed by atoms with Crippen molar-refractivity contribution in [1.82, 2.24) is 20.4 Å². The number of hydrogen-bond donors (Lipinski definition) is 2. The molecule has 0 radical (unpaired) electrons. The summed E-state index contributed by atoms with van der Waals surface area (Å²) in [5.41, 5.74) is 2.27. The number of rotatable bonds is 3. The zero-order valence-electron chi connectivity index (χ0n) is 13.1. The molecule has 6 nitrogen and oxygen atoms in total. The van der Waals surface area contributed by atoms with Crippen molar-refractivity contribution in [2.24, 2.45) is 12.5 Å². The SMILES string of the molecule is Cc1cc(C(=O)NCC23CCCC=C2NC(=O)CC3)nn1C. The van der Waals surface area contributed by atoms with Gasteiger partial charge < -0.3 is 10.6 Å². The van der Waals surface area contributed by atoms with E-state index in [2.05, 4.69) is 21.8 Å². The zero-order valence-corrected chi connectivity index (χ0v) is 13.1. The quantitative estimate of drug-likeness (QED) is 0.886. The van der Waals surface area contributed by atoms with E-state index in [4.69, 9.17) is 0 Å². The molecule has 1 saturated heterocycles. The predicted molar refractivity (Wildman–Crippen MR) is 82.0 cm³/mol. The Labute approximate surface area is 130 Å². The summed E-state index contributed by atoms with van der Waals surface area (Å²) >= 11 is 0. The van der Waals surface area contributed by atoms with Crippen molar-refractivity contribution in [3.05, 3.63) is 29.2 Å². The van der Waals surface area contributed by atoms with Crippen LogP contribution in [0.4, 0.5) is 0 Å². The number of nitrogens with one attached hydrogen (secondary N) is 2. The Morgan fingerprint density at radius 3 is 3.05 bits per heavy atom. The first kappa shape index (κ1) is 14.8. The van der Waals surface area contributed by atoms with Gasteiger partial charge in [0.2, 0.25) is 5.91 Å². The number of hydrogen-bond acceptors (Lipinski definition) is 3. The fourth-order valence-electron chi connectivity index (χ4n) is 3.33. The highest BCUT2D eigenvalue weighted by molar-refractivity contribution is 5.92. The molecule has 1 atom stereocenters. The predicted octanol–water partition coefficient (Wildman–Crippen LogP) is 1.42. The number of fused-ring (bicyclic) bond motifs is 1. The van der Waals surface area contributed by atoms with Crippen LogP contribution in [0.5, 0.6) is 0 Å². The minimum Gasteiger partial charge on any atom is -0.350 e. The summed E-state index contributed by atoms with van der Waals surface area (Å²) < 4.78 is 1.69. The van der Waals surface area contributed by atoms with Crippen LogP contribution in [0, 0.1) is 12.3 Å². The first-order chi connectivity index (χ1) is 10.5. The normalized spacial score (nSPS) is 24.3. The van der Waals surface area contributed by atoms with Gasteiger partial charge in [-0.1, -0.05) is 6.08 Å². The van der Waals surface area contributed by atoms with Crippen molar-refractivity contribution in [2.45, 2.75) is 39.0 Å². The number of nitrogens with zero attached hydrogens (tertiary/aromatic N) is 2. The standard InChI is InChI=1S/C16H22N4O2/c1-11-9-12(19-20(11)2)15(22)17-10-16-7-4-3-5-13(16)18-14(21)6-8-16/h5,9H,3-4,6-8,10H2,1-2H3,(H,17,22)(H,18,21). The molecule has 1 aromatic heterocycles. The number of allylic oxidation sites excluding steroid dienone is 1. The largest absolute Gasteiger partial charge is 0.350 e. The van der Waals surface area contributed by atoms with Crippen molar-refractivity contribution in [3.8, 4) is 0 Å². The van der Waals surface area contributed by atoms with Crippen LogP contribution in [0.25, 0.3) is 0 Å². The van der Waals surface area contributed by atoms with Gasteiger partial charge in [0, 0.05) is 36.8 Å². The minimum atomic E-state index is -0.153. The third-order valence-electron chi connectivity index (χ3n) is 4.82. The van der Waals surface area contributed by atoms with Crippen LogP contribution in [0.15, 0.2) is 17.8 Å². The van der Waals surface area contributed by atoms with Crippen molar-refractivity contribution < 1.29 is 9.59 Å². The lowest BCUT2D eigenvalue weighted by atomic mass is 9.70. The molecule has 1 fully saturated rings. The Bertz CT molecular complexity index is 627. The van der Waals surface area contributed by atoms with Gasteiger partial charge in [-0.05, 0) is 38.7 Å². The Hall–Kier alpha value is -2.11. The minimum absolute atomic E-state index is 0.0791. The van der Waals surface area contributed by atoms with Gasteiger partial charge in [-0.3, -0.25) is 14.3 Å². The Morgan fingerprint density at radius 1 is 1.50 bits per heavy atom. The van der Waals surface area contributed by atoms with E-state index in [0.717, 1.165) is 37.1 Å². The molecule has 1 unspecified atom stereocenters. The summed E-state index contributed by atoms with van der Waals surface area (Å²) in [5.74, 6) is -0.0737. The number of aryl methyl sites for hydroxylation is 2. The molecule has 2 heterocycles. The topological polar surface area (TPSA) is 76.0 Å². The van der Waals surface area contributed by atoms with Crippen LogP contribution in [-0.4, -0.2) is 28.1 Å². The van der Waals surface area contributed by atoms with E-state index in [1.165, 1.54) is 0 Å². The molecule has 118 valence electrons. The summed E-state index contributed by atoms with van der Waals surface area (Å²) in [4.78, 5) is 23.9. The molecule has 6 heteroatoms. The highest BCUT2D eigenvalue weighted by Crippen LogP contribution is 2.42. The van der Waals surface area contributed by atoms with E-state index in [-0.39, 0.29) is 17.2 Å². The van der Waals surface area contributed by atoms with Crippen molar-refractivity contribution in [2.75, 3.05) is 6.54 Å². The molecule has 0 aromatic carbocycles. The van der Waals surface area contributed by atoms with E-state index in [0.29, 0.717) is 18.7 Å². The number of amides is 2. The van der Waals surface area contributed by atoms with Crippen LogP contribution < -0.4 is 10.6 Å². The number of aromatic nitrogens is 2. The molecule has 0 bridgehead atoms. The molecule has 2 N–H and O–H groups in total. The third-order valence-corrected chi connectivity index (χ3v) is 4.82. The van der Waals surface area contributed by atoms with Crippen LogP contribution in [0.2, 0.25) is 0 Å². The molecule has 0 saturated carbocycles. The maximum absolute atomic E-state index is 12.3. The highest BCUT2D eigenvalue weighted by Gasteiger charge is 2.40. The highest BCUT2D eigenvalue weighted by atomic mass is 16.2. The molecule has 3 rings (SSSR count). The van der Waals surface area contributed by atoms with E-state index in [9.17, 15) is 9.59 Å². The maximum atomic E-state index is 12.3. The van der Waals surface area contributed by atoms with Gasteiger partial charge >= 0.3 is 0 Å². The molecule has 2 amide bonds. The average molecular weight is 302 g/mol. The smallest absolute Gasteiger partial charge is 0.271 e. The summed E-state index contributed by atoms with van der Waals surface area (Å²) in [7, 11) is 1.82. The van der Waals surface area contributed by atoms with E-state index >= 15 is 0 Å². The molecule has 22 heavy (non-hydrogen) atoms. The van der Waals surface area contributed by atoms with Crippen molar-refractivity contribution in [1.29, 1.82) is 0 Å². The average Bonchev–Trinajstić information content (AvgIpc) is 2.85. The van der Waals surface area contributed by atoms with Gasteiger partial charge in [0.25, 0.3) is 5.91 Å². The first-order valence-corrected chi connectivity index (χ1v) is 7.79. The van der Waals surface area contributed by atoms with Gasteiger partial charge in [0.05, 0.1) is 0 Å². The summed E-state index contributed by atoms with van der Waals surface area (Å²) in [6.07, 6.45) is 6.52. The lowest BCUT2D eigenvalue weighted by molar-refractivity contribution is -0.122. The number of piperidine rings is 1. The Kier molecular flexibility index (Phi) is 3.76. The molecule has 1 aliphatic heterocycles. The molecule has 2 aliphatic rings. The van der Waals surface area contributed by atoms with Crippen LogP contribution in [0.1, 0.15) is 48.3 Å². The van der Waals surface area contributed by atoms with Crippen molar-refractivity contribution in [3.63, 3.8) is 0 Å².